The quantitative estimate of drug-likeness (QED) is 0.888. The lowest BCUT2D eigenvalue weighted by molar-refractivity contribution is -0.129. The Kier molecular flexibility index (Phi) is 4.56. The van der Waals surface area contributed by atoms with E-state index in [1.165, 1.54) is 0 Å². The van der Waals surface area contributed by atoms with Gasteiger partial charge < -0.3 is 15.0 Å². The molecule has 27 heavy (non-hydrogen) atoms. The Morgan fingerprint density at radius 1 is 1.26 bits per heavy atom. The second-order valence-corrected chi connectivity index (χ2v) is 7.36. The number of aromatic nitrogens is 1. The predicted octanol–water partition coefficient (Wildman–Crippen LogP) is 2.72. The fourth-order valence-corrected chi connectivity index (χ4v) is 3.94. The molecule has 6 heteroatoms. The van der Waals surface area contributed by atoms with Crippen LogP contribution in [-0.4, -0.2) is 40.9 Å². The van der Waals surface area contributed by atoms with Crippen molar-refractivity contribution in [3.8, 4) is 5.75 Å². The molecule has 1 spiro atoms. The summed E-state index contributed by atoms with van der Waals surface area (Å²) in [5.41, 5.74) is 1.07. The van der Waals surface area contributed by atoms with Gasteiger partial charge in [0.05, 0.1) is 11.6 Å². The summed E-state index contributed by atoms with van der Waals surface area (Å²) in [6.07, 6.45) is 5.73. The van der Waals surface area contributed by atoms with Crippen LogP contribution in [0.2, 0.25) is 0 Å². The standard InChI is InChI=1S/C21H23N3O3/c1-24-12-10-21(9-8-19(24)25)13-17(16-6-2-3-7-18(16)27-21)23-20(26)15-5-4-11-22-14-15/h2-7,11,14,17H,8-10,12-13H2,1H3,(H,23,26). The van der Waals surface area contributed by atoms with Crippen LogP contribution in [0, 0.1) is 0 Å². The van der Waals surface area contributed by atoms with E-state index in [4.69, 9.17) is 4.74 Å². The van der Waals surface area contributed by atoms with E-state index in [1.807, 2.05) is 31.3 Å². The zero-order valence-corrected chi connectivity index (χ0v) is 15.4. The molecule has 2 unspecified atom stereocenters. The van der Waals surface area contributed by atoms with Gasteiger partial charge in [0.25, 0.3) is 5.91 Å². The van der Waals surface area contributed by atoms with E-state index in [0.29, 0.717) is 31.4 Å². The number of nitrogens with zero attached hydrogens (tertiary/aromatic N) is 2. The number of pyridine rings is 1. The number of rotatable bonds is 2. The van der Waals surface area contributed by atoms with E-state index in [-0.39, 0.29) is 17.9 Å². The van der Waals surface area contributed by atoms with Crippen LogP contribution >= 0.6 is 0 Å². The van der Waals surface area contributed by atoms with Crippen molar-refractivity contribution in [2.24, 2.45) is 0 Å². The van der Waals surface area contributed by atoms with Gasteiger partial charge in [-0.25, -0.2) is 0 Å². The van der Waals surface area contributed by atoms with E-state index in [1.54, 1.807) is 29.4 Å². The summed E-state index contributed by atoms with van der Waals surface area (Å²) in [7, 11) is 1.83. The number of fused-ring (bicyclic) bond motifs is 1. The third-order valence-corrected chi connectivity index (χ3v) is 5.55. The first-order valence-corrected chi connectivity index (χ1v) is 9.29. The lowest BCUT2D eigenvalue weighted by Gasteiger charge is -2.42. The Labute approximate surface area is 158 Å². The van der Waals surface area contributed by atoms with E-state index < -0.39 is 5.60 Å². The summed E-state index contributed by atoms with van der Waals surface area (Å²) < 4.78 is 6.41. The molecule has 0 bridgehead atoms. The van der Waals surface area contributed by atoms with E-state index in [0.717, 1.165) is 17.7 Å². The predicted molar refractivity (Wildman–Crippen MR) is 100 cm³/mol. The zero-order valence-electron chi connectivity index (χ0n) is 15.4. The molecule has 0 saturated carbocycles. The third kappa shape index (κ3) is 3.52. The van der Waals surface area contributed by atoms with Crippen LogP contribution in [-0.2, 0) is 4.79 Å². The van der Waals surface area contributed by atoms with Crippen molar-refractivity contribution < 1.29 is 14.3 Å². The highest BCUT2D eigenvalue weighted by atomic mass is 16.5. The number of hydrogen-bond donors (Lipinski definition) is 1. The fourth-order valence-electron chi connectivity index (χ4n) is 3.94. The van der Waals surface area contributed by atoms with Crippen molar-refractivity contribution >= 4 is 11.8 Å². The minimum absolute atomic E-state index is 0.144. The number of hydrogen-bond acceptors (Lipinski definition) is 4. The molecular formula is C21H23N3O3. The average Bonchev–Trinajstić information content (AvgIpc) is 2.83. The minimum Gasteiger partial charge on any atom is -0.487 e. The van der Waals surface area contributed by atoms with Crippen LogP contribution in [0.15, 0.2) is 48.8 Å². The lowest BCUT2D eigenvalue weighted by atomic mass is 9.82. The molecule has 1 saturated heterocycles. The fraction of sp³-hybridized carbons (Fsp3) is 0.381. The molecule has 2 atom stereocenters. The number of carbonyl (C=O) groups excluding carboxylic acids is 2. The number of nitrogens with one attached hydrogen (secondary N) is 1. The second-order valence-electron chi connectivity index (χ2n) is 7.36. The summed E-state index contributed by atoms with van der Waals surface area (Å²) >= 11 is 0. The lowest BCUT2D eigenvalue weighted by Crippen LogP contribution is -2.45. The highest BCUT2D eigenvalue weighted by Crippen LogP contribution is 2.44. The van der Waals surface area contributed by atoms with Crippen molar-refractivity contribution in [1.29, 1.82) is 0 Å². The number of para-hydroxylation sites is 1. The van der Waals surface area contributed by atoms with E-state index in [9.17, 15) is 9.59 Å². The summed E-state index contributed by atoms with van der Waals surface area (Å²) in [6, 6.07) is 11.2. The summed E-state index contributed by atoms with van der Waals surface area (Å²) in [6.45, 7) is 0.657. The molecule has 2 aromatic rings. The van der Waals surface area contributed by atoms with Gasteiger partial charge in [0, 0.05) is 50.8 Å². The van der Waals surface area contributed by atoms with Crippen LogP contribution in [0.4, 0.5) is 0 Å². The van der Waals surface area contributed by atoms with Crippen LogP contribution in [0.3, 0.4) is 0 Å². The Balaban J connectivity index is 1.62. The number of carbonyl (C=O) groups is 2. The highest BCUT2D eigenvalue weighted by molar-refractivity contribution is 5.94. The first-order chi connectivity index (χ1) is 13.1. The van der Waals surface area contributed by atoms with Gasteiger partial charge in [0.2, 0.25) is 5.91 Å². The highest BCUT2D eigenvalue weighted by Gasteiger charge is 2.43. The molecule has 2 aliphatic rings. The van der Waals surface area contributed by atoms with E-state index >= 15 is 0 Å². The van der Waals surface area contributed by atoms with Gasteiger partial charge in [0.1, 0.15) is 11.4 Å². The SMILES string of the molecule is CN1CCC2(CCC1=O)CC(NC(=O)c1cccnc1)c1ccccc1O2. The van der Waals surface area contributed by atoms with Crippen molar-refractivity contribution in [2.45, 2.75) is 37.3 Å². The van der Waals surface area contributed by atoms with Gasteiger partial charge in [0.15, 0.2) is 0 Å². The van der Waals surface area contributed by atoms with Gasteiger partial charge in [-0.15, -0.1) is 0 Å². The number of benzene rings is 1. The molecule has 1 N–H and O–H groups in total. The molecule has 6 nitrogen and oxygen atoms in total. The molecule has 140 valence electrons. The second kappa shape index (κ2) is 7.02. The van der Waals surface area contributed by atoms with Crippen LogP contribution in [0.1, 0.15) is 47.6 Å². The minimum atomic E-state index is -0.443. The van der Waals surface area contributed by atoms with Crippen molar-refractivity contribution in [2.75, 3.05) is 13.6 Å². The normalized spacial score (nSPS) is 24.7. The molecule has 1 aromatic heterocycles. The van der Waals surface area contributed by atoms with Crippen LogP contribution < -0.4 is 10.1 Å². The zero-order chi connectivity index (χ0) is 18.9. The van der Waals surface area contributed by atoms with Crippen molar-refractivity contribution in [3.05, 3.63) is 59.9 Å². The van der Waals surface area contributed by atoms with Gasteiger partial charge in [-0.1, -0.05) is 18.2 Å². The van der Waals surface area contributed by atoms with Crippen molar-refractivity contribution in [1.82, 2.24) is 15.2 Å². The Morgan fingerprint density at radius 3 is 2.93 bits per heavy atom. The Hall–Kier alpha value is -2.89. The molecule has 1 fully saturated rings. The molecule has 4 rings (SSSR count). The number of likely N-dealkylation sites (tertiary alicyclic amines) is 1. The molecule has 2 aliphatic heterocycles. The molecule has 0 aliphatic carbocycles. The van der Waals surface area contributed by atoms with Gasteiger partial charge >= 0.3 is 0 Å². The Bertz CT molecular complexity index is 855. The summed E-state index contributed by atoms with van der Waals surface area (Å²) in [4.78, 5) is 30.6. The van der Waals surface area contributed by atoms with Gasteiger partial charge in [-0.3, -0.25) is 14.6 Å². The number of ether oxygens (including phenoxy) is 1. The van der Waals surface area contributed by atoms with Gasteiger partial charge in [-0.05, 0) is 24.6 Å². The molecule has 1 aromatic carbocycles. The third-order valence-electron chi connectivity index (χ3n) is 5.55. The largest absolute Gasteiger partial charge is 0.487 e. The topological polar surface area (TPSA) is 71.5 Å². The number of amides is 2. The maximum atomic E-state index is 12.7. The summed E-state index contributed by atoms with van der Waals surface area (Å²) in [5, 5.41) is 3.15. The van der Waals surface area contributed by atoms with Crippen LogP contribution in [0.25, 0.3) is 0 Å². The maximum Gasteiger partial charge on any atom is 0.253 e. The van der Waals surface area contributed by atoms with Gasteiger partial charge in [-0.2, -0.15) is 0 Å². The summed E-state index contributed by atoms with van der Waals surface area (Å²) in [5.74, 6) is 0.782. The molecule has 0 radical (unpaired) electrons. The van der Waals surface area contributed by atoms with Crippen molar-refractivity contribution in [3.63, 3.8) is 0 Å². The molecular weight excluding hydrogens is 342 g/mol. The van der Waals surface area contributed by atoms with E-state index in [2.05, 4.69) is 10.3 Å². The average molecular weight is 365 g/mol. The first-order valence-electron chi connectivity index (χ1n) is 9.29. The molecule has 3 heterocycles. The first kappa shape index (κ1) is 17.5. The smallest absolute Gasteiger partial charge is 0.253 e. The van der Waals surface area contributed by atoms with Crippen LogP contribution in [0.5, 0.6) is 5.75 Å². The monoisotopic (exact) mass is 365 g/mol. The maximum absolute atomic E-state index is 12.7. The Morgan fingerprint density at radius 2 is 2.11 bits per heavy atom. The molecule has 2 amide bonds.